The molecule has 2 aliphatic heterocycles. The summed E-state index contributed by atoms with van der Waals surface area (Å²) < 4.78 is 6.73. The summed E-state index contributed by atoms with van der Waals surface area (Å²) in [5, 5.41) is 3.21. The van der Waals surface area contributed by atoms with Gasteiger partial charge in [-0.2, -0.15) is 0 Å². The van der Waals surface area contributed by atoms with Crippen LogP contribution in [-0.4, -0.2) is 56.4 Å². The number of benzene rings is 1. The molecule has 4 heterocycles. The Bertz CT molecular complexity index is 1290. The molecule has 2 aliphatic rings. The first-order valence-corrected chi connectivity index (χ1v) is 11.3. The maximum atomic E-state index is 13.4. The zero-order chi connectivity index (χ0) is 23.1. The van der Waals surface area contributed by atoms with E-state index in [2.05, 4.69) is 5.10 Å². The summed E-state index contributed by atoms with van der Waals surface area (Å²) in [6.07, 6.45) is 3.29. The van der Waals surface area contributed by atoms with Crippen LogP contribution >= 0.6 is 0 Å². The summed E-state index contributed by atoms with van der Waals surface area (Å²) in [6, 6.07) is 8.87. The van der Waals surface area contributed by atoms with Crippen LogP contribution in [0.15, 0.2) is 35.1 Å². The fraction of sp³-hybridized carbons (Fsp3) is 0.417. The zero-order valence-corrected chi connectivity index (χ0v) is 18.8. The van der Waals surface area contributed by atoms with Crippen molar-refractivity contribution >= 4 is 17.5 Å². The number of likely N-dealkylation sites (tertiary alicyclic amines) is 1. The van der Waals surface area contributed by atoms with E-state index in [1.54, 1.807) is 24.1 Å². The molecule has 9 nitrogen and oxygen atoms in total. The third-order valence-electron chi connectivity index (χ3n) is 6.67. The van der Waals surface area contributed by atoms with Crippen molar-refractivity contribution in [3.05, 3.63) is 63.2 Å². The molecule has 172 valence electrons. The van der Waals surface area contributed by atoms with Crippen LogP contribution in [0.25, 0.3) is 5.65 Å². The molecular weight excluding hydrogens is 422 g/mol. The fourth-order valence-corrected chi connectivity index (χ4v) is 4.86. The Kier molecular flexibility index (Phi) is 5.39. The van der Waals surface area contributed by atoms with Crippen molar-refractivity contribution in [1.82, 2.24) is 24.4 Å². The molecule has 9 heteroatoms. The standard InChI is InChI=1S/C24H27N5O4/c1-15(30)27-11-9-19-18(14-27)24(32)29-22(25-19)13-20(26-29)21-8-3-4-10-28(21)23(31)16-6-5-7-17(12-16)33-2/h5-7,12-13,21,26H,3-4,8-11,14H2,1-2H3/t21-/m1/s1. The van der Waals surface area contributed by atoms with Gasteiger partial charge in [-0.25, -0.2) is 9.50 Å². The molecule has 0 spiro atoms. The molecule has 33 heavy (non-hydrogen) atoms. The van der Waals surface area contributed by atoms with Crippen molar-refractivity contribution in [2.45, 2.75) is 45.2 Å². The number of carbonyl (C=O) groups excluding carboxylic acids is 2. The van der Waals surface area contributed by atoms with Crippen LogP contribution in [-0.2, 0) is 17.8 Å². The summed E-state index contributed by atoms with van der Waals surface area (Å²) in [4.78, 5) is 46.6. The predicted octanol–water partition coefficient (Wildman–Crippen LogP) is 2.30. The highest BCUT2D eigenvalue weighted by Crippen LogP contribution is 2.32. The van der Waals surface area contributed by atoms with Gasteiger partial charge >= 0.3 is 0 Å². The van der Waals surface area contributed by atoms with Crippen LogP contribution in [0.2, 0.25) is 0 Å². The van der Waals surface area contributed by atoms with Gasteiger partial charge in [-0.15, -0.1) is 0 Å². The van der Waals surface area contributed by atoms with E-state index in [0.717, 1.165) is 30.7 Å². The number of H-pyrrole nitrogens is 1. The van der Waals surface area contributed by atoms with Gasteiger partial charge in [-0.3, -0.25) is 19.5 Å². The molecule has 1 aromatic carbocycles. The number of piperidine rings is 1. The summed E-state index contributed by atoms with van der Waals surface area (Å²) in [6.45, 7) is 2.99. The minimum absolute atomic E-state index is 0.0498. The van der Waals surface area contributed by atoms with Crippen LogP contribution in [0.1, 0.15) is 59.5 Å². The number of hydrogen-bond donors (Lipinski definition) is 1. The number of hydrogen-bond acceptors (Lipinski definition) is 5. The molecule has 1 N–H and O–H groups in total. The third-order valence-corrected chi connectivity index (χ3v) is 6.67. The van der Waals surface area contributed by atoms with Crippen molar-refractivity contribution < 1.29 is 14.3 Å². The Labute approximate surface area is 190 Å². The second-order valence-corrected chi connectivity index (χ2v) is 8.68. The van der Waals surface area contributed by atoms with Crippen LogP contribution in [0, 0.1) is 0 Å². The topological polar surface area (TPSA) is 100 Å². The number of carbonyl (C=O) groups is 2. The van der Waals surface area contributed by atoms with E-state index in [0.29, 0.717) is 42.0 Å². The first kappa shape index (κ1) is 21.2. The van der Waals surface area contributed by atoms with Crippen LogP contribution in [0.3, 0.4) is 0 Å². The highest BCUT2D eigenvalue weighted by Gasteiger charge is 2.31. The van der Waals surface area contributed by atoms with Gasteiger partial charge in [0.05, 0.1) is 36.6 Å². The van der Waals surface area contributed by atoms with E-state index >= 15 is 0 Å². The van der Waals surface area contributed by atoms with Gasteiger partial charge in [0, 0.05) is 38.1 Å². The summed E-state index contributed by atoms with van der Waals surface area (Å²) in [7, 11) is 1.58. The van der Waals surface area contributed by atoms with Gasteiger partial charge in [0.1, 0.15) is 5.75 Å². The molecule has 2 aromatic heterocycles. The Hall–Kier alpha value is -3.62. The molecule has 5 rings (SSSR count). The van der Waals surface area contributed by atoms with Crippen molar-refractivity contribution in [3.8, 4) is 5.75 Å². The fourth-order valence-electron chi connectivity index (χ4n) is 4.86. The number of nitrogens with zero attached hydrogens (tertiary/aromatic N) is 4. The Morgan fingerprint density at radius 3 is 2.82 bits per heavy atom. The highest BCUT2D eigenvalue weighted by atomic mass is 16.5. The number of ether oxygens (including phenoxy) is 1. The minimum Gasteiger partial charge on any atom is -0.497 e. The van der Waals surface area contributed by atoms with Crippen LogP contribution < -0.4 is 10.3 Å². The average Bonchev–Trinajstić information content (AvgIpc) is 3.28. The molecule has 0 radical (unpaired) electrons. The van der Waals surface area contributed by atoms with E-state index in [9.17, 15) is 14.4 Å². The number of nitrogens with one attached hydrogen (secondary N) is 1. The van der Waals surface area contributed by atoms with Crippen molar-refractivity contribution in [1.29, 1.82) is 0 Å². The molecular formula is C24H27N5O4. The lowest BCUT2D eigenvalue weighted by atomic mass is 9.98. The number of aromatic nitrogens is 3. The average molecular weight is 450 g/mol. The van der Waals surface area contributed by atoms with E-state index in [-0.39, 0.29) is 30.0 Å². The van der Waals surface area contributed by atoms with E-state index in [1.807, 2.05) is 23.1 Å². The monoisotopic (exact) mass is 449 g/mol. The second-order valence-electron chi connectivity index (χ2n) is 8.68. The largest absolute Gasteiger partial charge is 0.497 e. The lowest BCUT2D eigenvalue weighted by Gasteiger charge is -2.35. The van der Waals surface area contributed by atoms with Gasteiger partial charge < -0.3 is 14.5 Å². The number of fused-ring (bicyclic) bond motifs is 2. The Balaban J connectivity index is 1.51. The molecule has 1 atom stereocenters. The van der Waals surface area contributed by atoms with Gasteiger partial charge in [-0.1, -0.05) is 6.07 Å². The van der Waals surface area contributed by atoms with E-state index < -0.39 is 0 Å². The molecule has 3 aromatic rings. The van der Waals surface area contributed by atoms with E-state index in [4.69, 9.17) is 9.72 Å². The lowest BCUT2D eigenvalue weighted by Crippen LogP contribution is -2.39. The van der Waals surface area contributed by atoms with Crippen LogP contribution in [0.4, 0.5) is 0 Å². The number of aromatic amines is 1. The smallest absolute Gasteiger partial charge is 0.277 e. The maximum absolute atomic E-state index is 13.4. The molecule has 0 bridgehead atoms. The number of methoxy groups -OCH3 is 1. The number of rotatable bonds is 3. The molecule has 2 amide bonds. The molecule has 1 saturated heterocycles. The van der Waals surface area contributed by atoms with Crippen LogP contribution in [0.5, 0.6) is 5.75 Å². The SMILES string of the molecule is COc1cccc(C(=O)N2CCCC[C@@H]2c2cc3nc4c(c(=O)n3[nH]2)CN(C(C)=O)CC4)c1. The second kappa shape index (κ2) is 8.38. The first-order valence-electron chi connectivity index (χ1n) is 11.3. The van der Waals surface area contributed by atoms with Crippen molar-refractivity contribution in [2.24, 2.45) is 0 Å². The highest BCUT2D eigenvalue weighted by molar-refractivity contribution is 5.95. The maximum Gasteiger partial charge on any atom is 0.277 e. The normalized spacial score (nSPS) is 18.3. The first-order chi connectivity index (χ1) is 16.0. The number of amides is 2. The van der Waals surface area contributed by atoms with Gasteiger partial charge in [-0.05, 0) is 37.5 Å². The summed E-state index contributed by atoms with van der Waals surface area (Å²) >= 11 is 0. The third kappa shape index (κ3) is 3.77. The van der Waals surface area contributed by atoms with Crippen molar-refractivity contribution in [2.75, 3.05) is 20.2 Å². The molecule has 0 aliphatic carbocycles. The zero-order valence-electron chi connectivity index (χ0n) is 18.8. The predicted molar refractivity (Wildman–Crippen MR) is 121 cm³/mol. The summed E-state index contributed by atoms with van der Waals surface area (Å²) in [5.41, 5.74) is 3.03. The molecule has 0 unspecified atom stereocenters. The molecule has 1 fully saturated rings. The summed E-state index contributed by atoms with van der Waals surface area (Å²) in [5.74, 6) is 0.529. The molecule has 0 saturated carbocycles. The van der Waals surface area contributed by atoms with Gasteiger partial charge in [0.2, 0.25) is 5.91 Å². The van der Waals surface area contributed by atoms with Gasteiger partial charge in [0.25, 0.3) is 11.5 Å². The minimum atomic E-state index is -0.186. The Morgan fingerprint density at radius 1 is 1.18 bits per heavy atom. The Morgan fingerprint density at radius 2 is 2.03 bits per heavy atom. The lowest BCUT2D eigenvalue weighted by molar-refractivity contribution is -0.129. The van der Waals surface area contributed by atoms with Gasteiger partial charge in [0.15, 0.2) is 5.65 Å². The van der Waals surface area contributed by atoms with Crippen molar-refractivity contribution in [3.63, 3.8) is 0 Å². The quantitative estimate of drug-likeness (QED) is 0.661. The van der Waals surface area contributed by atoms with E-state index in [1.165, 1.54) is 11.4 Å².